The Morgan fingerprint density at radius 3 is 2.52 bits per heavy atom. The summed E-state index contributed by atoms with van der Waals surface area (Å²) < 4.78 is 13.0. The largest absolute Gasteiger partial charge is 0.340 e. The van der Waals surface area contributed by atoms with Crippen LogP contribution in [0.25, 0.3) is 0 Å². The predicted octanol–water partition coefficient (Wildman–Crippen LogP) is 1.58. The van der Waals surface area contributed by atoms with E-state index in [0.717, 1.165) is 0 Å². The molecule has 0 spiro atoms. The van der Waals surface area contributed by atoms with Crippen molar-refractivity contribution in [3.05, 3.63) is 29.0 Å². The van der Waals surface area contributed by atoms with Crippen LogP contribution in [0.2, 0.25) is 5.02 Å². The summed E-state index contributed by atoms with van der Waals surface area (Å²) in [5.41, 5.74) is 0.466. The fourth-order valence-electron chi connectivity index (χ4n) is 2.20. The van der Waals surface area contributed by atoms with Crippen LogP contribution in [0.1, 0.15) is 6.92 Å². The Morgan fingerprint density at radius 1 is 1.29 bits per heavy atom. The molecule has 2 rings (SSSR count). The second kappa shape index (κ2) is 6.87. The second-order valence-electron chi connectivity index (χ2n) is 4.96. The van der Waals surface area contributed by atoms with E-state index in [1.54, 1.807) is 11.8 Å². The SMILES string of the molecule is CC(=O)N1CCN(CC(=O)Nc2ccc(F)c(Cl)c2)CC1. The van der Waals surface area contributed by atoms with Crippen LogP contribution in [0.5, 0.6) is 0 Å². The van der Waals surface area contributed by atoms with Gasteiger partial charge in [0.15, 0.2) is 0 Å². The molecule has 2 amide bonds. The predicted molar refractivity (Wildman–Crippen MR) is 78.7 cm³/mol. The molecule has 1 aliphatic rings. The summed E-state index contributed by atoms with van der Waals surface area (Å²) in [5.74, 6) is -0.649. The highest BCUT2D eigenvalue weighted by Gasteiger charge is 2.20. The molecule has 0 atom stereocenters. The zero-order valence-corrected chi connectivity index (χ0v) is 12.5. The fraction of sp³-hybridized carbons (Fsp3) is 0.429. The molecule has 1 heterocycles. The Bertz CT molecular complexity index is 545. The van der Waals surface area contributed by atoms with Gasteiger partial charge in [-0.1, -0.05) is 11.6 Å². The molecule has 0 unspecified atom stereocenters. The molecule has 1 fully saturated rings. The number of amides is 2. The van der Waals surface area contributed by atoms with Crippen molar-refractivity contribution >= 4 is 29.1 Å². The van der Waals surface area contributed by atoms with Crippen LogP contribution in [0.15, 0.2) is 18.2 Å². The third-order valence-corrected chi connectivity index (χ3v) is 3.68. The molecule has 1 saturated heterocycles. The Morgan fingerprint density at radius 2 is 1.95 bits per heavy atom. The first-order valence-corrected chi connectivity index (χ1v) is 7.06. The van der Waals surface area contributed by atoms with E-state index in [1.165, 1.54) is 18.2 Å². The third-order valence-electron chi connectivity index (χ3n) is 3.39. The van der Waals surface area contributed by atoms with Crippen LogP contribution < -0.4 is 5.32 Å². The normalized spacial score (nSPS) is 15.9. The van der Waals surface area contributed by atoms with Crippen molar-refractivity contribution in [3.63, 3.8) is 0 Å². The van der Waals surface area contributed by atoms with Gasteiger partial charge in [0.2, 0.25) is 11.8 Å². The van der Waals surface area contributed by atoms with E-state index in [4.69, 9.17) is 11.6 Å². The first kappa shape index (κ1) is 15.7. The van der Waals surface area contributed by atoms with Crippen LogP contribution in [-0.4, -0.2) is 54.3 Å². The standard InChI is InChI=1S/C14H17ClFN3O2/c1-10(20)19-6-4-18(5-7-19)9-14(21)17-11-2-3-13(16)12(15)8-11/h2-3,8H,4-7,9H2,1H3,(H,17,21). The van der Waals surface area contributed by atoms with E-state index in [-0.39, 0.29) is 23.4 Å². The van der Waals surface area contributed by atoms with Gasteiger partial charge >= 0.3 is 0 Å². The van der Waals surface area contributed by atoms with Crippen molar-refractivity contribution in [1.82, 2.24) is 9.80 Å². The van der Waals surface area contributed by atoms with E-state index in [9.17, 15) is 14.0 Å². The third kappa shape index (κ3) is 4.41. The lowest BCUT2D eigenvalue weighted by Crippen LogP contribution is -2.49. The fourth-order valence-corrected chi connectivity index (χ4v) is 2.38. The van der Waals surface area contributed by atoms with Gasteiger partial charge in [-0.2, -0.15) is 0 Å². The number of hydrogen-bond acceptors (Lipinski definition) is 3. The summed E-state index contributed by atoms with van der Waals surface area (Å²) in [4.78, 5) is 26.9. The summed E-state index contributed by atoms with van der Waals surface area (Å²) in [5, 5.41) is 2.65. The lowest BCUT2D eigenvalue weighted by atomic mass is 10.3. The van der Waals surface area contributed by atoms with Crippen LogP contribution in [-0.2, 0) is 9.59 Å². The van der Waals surface area contributed by atoms with Gasteiger partial charge < -0.3 is 10.2 Å². The van der Waals surface area contributed by atoms with Crippen molar-refractivity contribution in [1.29, 1.82) is 0 Å². The molecule has 0 bridgehead atoms. The summed E-state index contributed by atoms with van der Waals surface area (Å²) in [6, 6.07) is 4.05. The smallest absolute Gasteiger partial charge is 0.238 e. The van der Waals surface area contributed by atoms with Crippen molar-refractivity contribution in [2.75, 3.05) is 38.0 Å². The minimum Gasteiger partial charge on any atom is -0.340 e. The number of piperazine rings is 1. The maximum atomic E-state index is 13.0. The molecule has 0 aromatic heterocycles. The average Bonchev–Trinajstić information content (AvgIpc) is 2.43. The summed E-state index contributed by atoms with van der Waals surface area (Å²) in [6.45, 7) is 4.37. The maximum absolute atomic E-state index is 13.0. The van der Waals surface area contributed by atoms with E-state index >= 15 is 0 Å². The number of nitrogens with one attached hydrogen (secondary N) is 1. The molecule has 7 heteroatoms. The van der Waals surface area contributed by atoms with Gasteiger partial charge in [0.25, 0.3) is 0 Å². The summed E-state index contributed by atoms with van der Waals surface area (Å²) in [7, 11) is 0. The molecule has 1 aromatic rings. The minimum atomic E-state index is -0.518. The molecule has 0 aliphatic carbocycles. The molecular formula is C14H17ClFN3O2. The lowest BCUT2D eigenvalue weighted by molar-refractivity contribution is -0.130. The molecule has 1 aliphatic heterocycles. The van der Waals surface area contributed by atoms with E-state index < -0.39 is 5.82 Å². The van der Waals surface area contributed by atoms with Crippen molar-refractivity contribution in [2.45, 2.75) is 6.92 Å². The first-order chi connectivity index (χ1) is 9.95. The molecule has 0 radical (unpaired) electrons. The Kier molecular flexibility index (Phi) is 5.14. The van der Waals surface area contributed by atoms with Crippen molar-refractivity contribution in [2.24, 2.45) is 0 Å². The monoisotopic (exact) mass is 313 g/mol. The molecule has 5 nitrogen and oxygen atoms in total. The van der Waals surface area contributed by atoms with Crippen LogP contribution in [0.4, 0.5) is 10.1 Å². The molecule has 0 saturated carbocycles. The van der Waals surface area contributed by atoms with Gasteiger partial charge in [-0.15, -0.1) is 0 Å². The number of rotatable bonds is 3. The molecular weight excluding hydrogens is 297 g/mol. The molecule has 1 N–H and O–H groups in total. The quantitative estimate of drug-likeness (QED) is 0.922. The number of nitrogens with zero attached hydrogens (tertiary/aromatic N) is 2. The van der Waals surface area contributed by atoms with E-state index in [1.807, 2.05) is 4.90 Å². The van der Waals surface area contributed by atoms with Crippen molar-refractivity contribution < 1.29 is 14.0 Å². The van der Waals surface area contributed by atoms with E-state index in [2.05, 4.69) is 5.32 Å². The topological polar surface area (TPSA) is 52.7 Å². The lowest BCUT2D eigenvalue weighted by Gasteiger charge is -2.33. The van der Waals surface area contributed by atoms with Crippen molar-refractivity contribution in [3.8, 4) is 0 Å². The highest BCUT2D eigenvalue weighted by Crippen LogP contribution is 2.19. The van der Waals surface area contributed by atoms with Gasteiger partial charge in [0.05, 0.1) is 11.6 Å². The highest BCUT2D eigenvalue weighted by molar-refractivity contribution is 6.31. The summed E-state index contributed by atoms with van der Waals surface area (Å²) >= 11 is 5.66. The first-order valence-electron chi connectivity index (χ1n) is 6.68. The Labute approximate surface area is 127 Å². The van der Waals surface area contributed by atoms with Gasteiger partial charge in [0.1, 0.15) is 5.82 Å². The Hall–Kier alpha value is -1.66. The van der Waals surface area contributed by atoms with Gasteiger partial charge in [0, 0.05) is 38.8 Å². The summed E-state index contributed by atoms with van der Waals surface area (Å²) in [6.07, 6.45) is 0. The number of anilines is 1. The molecule has 1 aromatic carbocycles. The zero-order valence-electron chi connectivity index (χ0n) is 11.7. The van der Waals surface area contributed by atoms with Crippen LogP contribution in [0.3, 0.4) is 0 Å². The minimum absolute atomic E-state index is 0.0251. The maximum Gasteiger partial charge on any atom is 0.238 e. The van der Waals surface area contributed by atoms with Gasteiger partial charge in [-0.25, -0.2) is 4.39 Å². The van der Waals surface area contributed by atoms with Gasteiger partial charge in [-0.05, 0) is 18.2 Å². The second-order valence-corrected chi connectivity index (χ2v) is 5.37. The number of carbonyl (C=O) groups excluding carboxylic acids is 2. The number of halogens is 2. The van der Waals surface area contributed by atoms with E-state index in [0.29, 0.717) is 31.9 Å². The molecule has 21 heavy (non-hydrogen) atoms. The number of carbonyl (C=O) groups is 2. The Balaban J connectivity index is 1.82. The van der Waals surface area contributed by atoms with Crippen LogP contribution in [0, 0.1) is 5.82 Å². The molecule has 114 valence electrons. The van der Waals surface area contributed by atoms with Crippen LogP contribution >= 0.6 is 11.6 Å². The highest BCUT2D eigenvalue weighted by atomic mass is 35.5. The van der Waals surface area contributed by atoms with Gasteiger partial charge in [-0.3, -0.25) is 14.5 Å². The number of hydrogen-bond donors (Lipinski definition) is 1. The number of benzene rings is 1. The average molecular weight is 314 g/mol. The zero-order chi connectivity index (χ0) is 15.4.